The van der Waals surface area contributed by atoms with Crippen molar-refractivity contribution in [2.75, 3.05) is 23.7 Å². The number of nitrogens with one attached hydrogen (secondary N) is 3. The van der Waals surface area contributed by atoms with E-state index >= 15 is 0 Å². The lowest BCUT2D eigenvalue weighted by molar-refractivity contribution is -0.138. The molecule has 0 saturated carbocycles. The Balaban J connectivity index is 0.000000216. The first-order chi connectivity index (χ1) is 39.1. The molecule has 2 fully saturated rings. The zero-order chi connectivity index (χ0) is 57.3. The van der Waals surface area contributed by atoms with Gasteiger partial charge in [-0.15, -0.1) is 12.4 Å². The van der Waals surface area contributed by atoms with Crippen LogP contribution in [0.5, 0.6) is 0 Å². The highest BCUT2D eigenvalue weighted by atomic mass is 35.5. The van der Waals surface area contributed by atoms with Crippen molar-refractivity contribution in [3.63, 3.8) is 0 Å². The van der Waals surface area contributed by atoms with E-state index in [0.717, 1.165) is 96.0 Å². The number of carbonyl (C=O) groups excluding carboxylic acids is 5. The maximum atomic E-state index is 13.4. The molecule has 0 spiro atoms. The predicted molar refractivity (Wildman–Crippen MR) is 342 cm³/mol. The minimum atomic E-state index is -0.984. The van der Waals surface area contributed by atoms with Crippen LogP contribution < -0.4 is 16.0 Å². The van der Waals surface area contributed by atoms with Crippen molar-refractivity contribution in [1.29, 1.82) is 0 Å². The largest absolute Gasteiger partial charge is 0.480 e. The first-order valence-corrected chi connectivity index (χ1v) is 28.7. The lowest BCUT2D eigenvalue weighted by Crippen LogP contribution is -2.44. The Kier molecular flexibility index (Phi) is 23.2. The maximum Gasteiger partial charge on any atom is 0.325 e. The summed E-state index contributed by atoms with van der Waals surface area (Å²) in [7, 11) is 0. The summed E-state index contributed by atoms with van der Waals surface area (Å²) in [4.78, 5) is 83.9. The number of benzene rings is 4. The quantitative estimate of drug-likeness (QED) is 0.0836. The van der Waals surface area contributed by atoms with E-state index in [-0.39, 0.29) is 81.7 Å². The molecule has 84 heavy (non-hydrogen) atoms. The summed E-state index contributed by atoms with van der Waals surface area (Å²) >= 11 is 7.33. The third-order valence-electron chi connectivity index (χ3n) is 15.1. The fourth-order valence-electron chi connectivity index (χ4n) is 11.2. The second kappa shape index (κ2) is 29.8. The monoisotopic (exact) mass is 1210 g/mol. The number of aliphatic carboxylic acids is 1. The molecule has 6 heterocycles. The number of ketones is 2. The number of anilines is 2. The highest BCUT2D eigenvalue weighted by Crippen LogP contribution is 2.33. The summed E-state index contributed by atoms with van der Waals surface area (Å²) in [6.07, 6.45) is 10.2. The first kappa shape index (κ1) is 65.5. The summed E-state index contributed by atoms with van der Waals surface area (Å²) in [5, 5.41) is 28.1. The molecule has 17 nitrogen and oxygen atoms in total. The number of aromatic nitrogens is 6. The van der Waals surface area contributed by atoms with Crippen LogP contribution in [0.25, 0.3) is 44.1 Å². The Morgan fingerprint density at radius 3 is 1.52 bits per heavy atom. The molecule has 0 radical (unpaired) electrons. The van der Waals surface area contributed by atoms with Crippen molar-refractivity contribution >= 4 is 117 Å². The third-order valence-corrected chi connectivity index (χ3v) is 15.1. The molecule has 12 rings (SSSR count). The van der Waals surface area contributed by atoms with E-state index in [1.165, 1.54) is 53.6 Å². The zero-order valence-corrected chi connectivity index (χ0v) is 50.1. The van der Waals surface area contributed by atoms with Crippen LogP contribution in [-0.4, -0.2) is 100.0 Å². The maximum absolute atomic E-state index is 13.4. The van der Waals surface area contributed by atoms with Crippen molar-refractivity contribution in [3.05, 3.63) is 154 Å². The van der Waals surface area contributed by atoms with Crippen LogP contribution in [0, 0.1) is 13.8 Å². The fraction of sp³-hybridized carbons (Fsp3) is 0.333. The molecule has 2 atom stereocenters. The molecule has 3 amide bonds. The Hall–Kier alpha value is -7.62. The number of carbonyl (C=O) groups is 6. The van der Waals surface area contributed by atoms with Crippen molar-refractivity contribution in [2.45, 2.75) is 125 Å². The number of carboxylic acids is 1. The Morgan fingerprint density at radius 2 is 1.06 bits per heavy atom. The zero-order valence-electron chi connectivity index (χ0n) is 46.7. The van der Waals surface area contributed by atoms with E-state index in [1.54, 1.807) is 21.7 Å². The number of rotatable bonds is 12. The van der Waals surface area contributed by atoms with Crippen molar-refractivity contribution in [2.24, 2.45) is 0 Å². The standard InChI is InChI=1S/C31H31N5O3.C20H18N2O3.C11H15N3O.CH4.ClH.S2.H2S/c1-19-6-3-10-28(32-19)33-31(39)27-9-5-15-35(27)29(38)18-36-26-14-13-24(17-25(26)30(34-36)20(2)37)23-12-11-21-7-4-8-22(21)16-23;1-12(23)20-17-10-16(7-8-18(17)22(21-20)11-19(24)25)15-6-5-13-3-2-4-14(13)9-15;1-8-4-2-6-10(13-8)14-11(15)9-5-3-7-12-9;;;1-2;/h3,6,10-14,16-17,27H,4-5,7-9,15,18H2,1-2H3,(H,32,33,39);5-10H,2-4,11H2,1H3,(H,24,25);2,4,6,9,12H,3,5,7H2,1H3,(H,13,14,15);1H4;1H;;1H2/t27-;;9-;;;;/m0.0..../s1. The van der Waals surface area contributed by atoms with E-state index in [0.29, 0.717) is 46.9 Å². The Morgan fingerprint density at radius 1 is 0.595 bits per heavy atom. The van der Waals surface area contributed by atoms with Crippen molar-refractivity contribution < 1.29 is 33.9 Å². The second-order valence-electron chi connectivity index (χ2n) is 20.9. The number of nitrogens with zero attached hydrogens (tertiary/aromatic N) is 7. The second-order valence-corrected chi connectivity index (χ2v) is 20.9. The molecule has 4 aliphatic rings. The van der Waals surface area contributed by atoms with Gasteiger partial charge in [-0.1, -0.05) is 68.1 Å². The van der Waals surface area contributed by atoms with E-state index in [1.807, 2.05) is 74.5 Å². The number of hydrogen-bond acceptors (Lipinski definition) is 13. The molecule has 4 aromatic carbocycles. The van der Waals surface area contributed by atoms with Gasteiger partial charge in [0.1, 0.15) is 42.2 Å². The van der Waals surface area contributed by atoms with Gasteiger partial charge in [-0.05, 0) is 178 Å². The van der Waals surface area contributed by atoms with E-state index in [4.69, 9.17) is 5.11 Å². The summed E-state index contributed by atoms with van der Waals surface area (Å²) < 4.78 is 2.97. The number of Topliss-reactive ketones (excluding diaryl/α,β-unsaturated/α-hetero) is 2. The molecule has 2 saturated heterocycles. The first-order valence-electron chi connectivity index (χ1n) is 27.3. The van der Waals surface area contributed by atoms with Crippen molar-refractivity contribution in [3.8, 4) is 22.3 Å². The Bertz CT molecular complexity index is 3730. The summed E-state index contributed by atoms with van der Waals surface area (Å²) in [6.45, 7) is 7.84. The highest BCUT2D eigenvalue weighted by molar-refractivity contribution is 8.07. The number of amides is 3. The van der Waals surface area contributed by atoms with Gasteiger partial charge < -0.3 is 26.0 Å². The van der Waals surface area contributed by atoms with Gasteiger partial charge in [-0.3, -0.25) is 38.1 Å². The number of fused-ring (bicyclic) bond motifs is 4. The summed E-state index contributed by atoms with van der Waals surface area (Å²) in [5.41, 5.74) is 13.7. The van der Waals surface area contributed by atoms with E-state index in [2.05, 4.69) is 94.9 Å². The van der Waals surface area contributed by atoms with Gasteiger partial charge in [-0.25, -0.2) is 9.97 Å². The Labute approximate surface area is 512 Å². The molecular weight excluding hydrogens is 1140 g/mol. The molecule has 8 aromatic rings. The van der Waals surface area contributed by atoms with Gasteiger partial charge in [0.05, 0.1) is 17.1 Å². The molecule has 4 N–H and O–H groups in total. The van der Waals surface area contributed by atoms with E-state index < -0.39 is 12.0 Å². The predicted octanol–water partition coefficient (Wildman–Crippen LogP) is 10.5. The number of halogens is 1. The molecule has 0 bridgehead atoms. The minimum Gasteiger partial charge on any atom is -0.480 e. The molecular formula is C63H71ClN10O7S3. The van der Waals surface area contributed by atoms with Gasteiger partial charge in [0, 0.05) is 64.9 Å². The number of aryl methyl sites for hydroxylation is 6. The third kappa shape index (κ3) is 15.4. The number of pyridine rings is 2. The number of likely N-dealkylation sites (tertiary alicyclic amines) is 1. The lowest BCUT2D eigenvalue weighted by atomic mass is 9.99. The molecule has 21 heteroatoms. The molecule has 440 valence electrons. The van der Waals surface area contributed by atoms with Gasteiger partial charge >= 0.3 is 5.97 Å². The van der Waals surface area contributed by atoms with Crippen molar-refractivity contribution in [1.82, 2.24) is 39.7 Å². The van der Waals surface area contributed by atoms with Gasteiger partial charge in [0.2, 0.25) is 17.7 Å². The average Bonchev–Trinajstić information content (AvgIpc) is 2.64. The average molecular weight is 1210 g/mol. The van der Waals surface area contributed by atoms with Gasteiger partial charge in [0.25, 0.3) is 0 Å². The number of carboxylic acid groups (broad SMARTS) is 1. The molecule has 2 aliphatic heterocycles. The fourth-order valence-corrected chi connectivity index (χ4v) is 11.2. The molecule has 0 unspecified atom stereocenters. The topological polar surface area (TPSA) is 223 Å². The minimum absolute atomic E-state index is 0. The summed E-state index contributed by atoms with van der Waals surface area (Å²) in [6, 6.07) is 35.2. The normalized spacial score (nSPS) is 15.2. The molecule has 4 aromatic heterocycles. The van der Waals surface area contributed by atoms with Crippen LogP contribution in [0.1, 0.15) is 114 Å². The van der Waals surface area contributed by atoms with Crippen LogP contribution >= 0.6 is 25.9 Å². The molecule has 2 aliphatic carbocycles. The smallest absolute Gasteiger partial charge is 0.325 e. The van der Waals surface area contributed by atoms with Gasteiger partial charge in [-0.2, -0.15) is 23.7 Å². The highest BCUT2D eigenvalue weighted by Gasteiger charge is 2.35. The summed E-state index contributed by atoms with van der Waals surface area (Å²) in [5.74, 6) is -0.620. The van der Waals surface area contributed by atoms with Crippen LogP contribution in [0.2, 0.25) is 0 Å². The van der Waals surface area contributed by atoms with Crippen LogP contribution in [0.15, 0.2) is 109 Å². The van der Waals surface area contributed by atoms with Crippen LogP contribution in [0.3, 0.4) is 0 Å². The number of hydrogen-bond donors (Lipinski definition) is 4. The van der Waals surface area contributed by atoms with Gasteiger partial charge in [0.15, 0.2) is 11.6 Å². The SMILES string of the molecule is C.CC(=O)c1nn(CC(=O)N2CCC[C@H]2C(=O)Nc2cccc(C)n2)c2ccc(-c3ccc4c(c3)CCC4)cc12.CC(=O)c1nn(CC(=O)O)c2ccc(-c3ccc4c(c3)CCC4)cc12.Cc1cccc(NC(=O)[C@@H]2CCCN2)n1.Cl.S.S=S. The van der Waals surface area contributed by atoms with Crippen LogP contribution in [0.4, 0.5) is 11.6 Å². The lowest BCUT2D eigenvalue weighted by Gasteiger charge is -2.24. The van der Waals surface area contributed by atoms with Crippen LogP contribution in [-0.2, 0) is 80.3 Å². The van der Waals surface area contributed by atoms with E-state index in [9.17, 15) is 28.8 Å².